The Morgan fingerprint density at radius 3 is 1.05 bits per heavy atom. The largest absolute Gasteiger partial charge is 0.394 e. The van der Waals surface area contributed by atoms with Crippen LogP contribution in [0.25, 0.3) is 0 Å². The first-order valence-corrected chi connectivity index (χ1v) is 25.7. The lowest BCUT2D eigenvalue weighted by atomic mass is 10.0. The number of unbranched alkanes of at least 4 members (excludes halogenated alkanes) is 36. The fraction of sp³-hybridized carbons (Fsp3) is 0.868. The second-order valence-electron chi connectivity index (χ2n) is 17.6. The number of carbonyl (C=O) groups excluding carboxylic acids is 1. The van der Waals surface area contributed by atoms with Crippen LogP contribution >= 0.6 is 0 Å². The summed E-state index contributed by atoms with van der Waals surface area (Å²) in [5.74, 6) is -0.0608. The molecule has 0 aromatic rings. The molecule has 57 heavy (non-hydrogen) atoms. The molecule has 0 rings (SSSR count). The van der Waals surface area contributed by atoms with E-state index in [9.17, 15) is 15.0 Å². The fourth-order valence-electron chi connectivity index (χ4n) is 7.92. The monoisotopic (exact) mass is 800 g/mol. The van der Waals surface area contributed by atoms with Crippen LogP contribution in [-0.4, -0.2) is 34.9 Å². The Morgan fingerprint density at radius 1 is 0.421 bits per heavy atom. The van der Waals surface area contributed by atoms with Crippen LogP contribution in [0.5, 0.6) is 0 Å². The smallest absolute Gasteiger partial charge is 0.220 e. The maximum absolute atomic E-state index is 12.4. The number of carbonyl (C=O) groups is 1. The van der Waals surface area contributed by atoms with Crippen molar-refractivity contribution in [3.8, 4) is 0 Å². The maximum atomic E-state index is 12.4. The fourth-order valence-corrected chi connectivity index (χ4v) is 7.92. The van der Waals surface area contributed by atoms with Crippen molar-refractivity contribution in [2.45, 2.75) is 289 Å². The second-order valence-corrected chi connectivity index (χ2v) is 17.6. The van der Waals surface area contributed by atoms with E-state index in [0.717, 1.165) is 32.1 Å². The summed E-state index contributed by atoms with van der Waals surface area (Å²) in [6.45, 7) is 4.31. The Labute approximate surface area is 357 Å². The predicted octanol–water partition coefficient (Wildman–Crippen LogP) is 16.5. The van der Waals surface area contributed by atoms with E-state index >= 15 is 0 Å². The van der Waals surface area contributed by atoms with Gasteiger partial charge in [0.15, 0.2) is 0 Å². The SMILES string of the molecule is CCCCCCC/C=C\C/C=C\CCCCCCCCCCCCCCCCCCCCCC(=O)NC(CO)C(O)/C=C/CCCCCCCCCCCCCC. The third kappa shape index (κ3) is 45.5. The molecule has 0 aliphatic heterocycles. The molecule has 2 atom stereocenters. The highest BCUT2D eigenvalue weighted by Crippen LogP contribution is 2.16. The van der Waals surface area contributed by atoms with Gasteiger partial charge in [-0.1, -0.05) is 256 Å². The zero-order chi connectivity index (χ0) is 41.4. The molecule has 0 aromatic carbocycles. The summed E-state index contributed by atoms with van der Waals surface area (Å²) in [6.07, 6.45) is 65.7. The number of hydrogen-bond donors (Lipinski definition) is 3. The normalized spacial score (nSPS) is 13.1. The minimum atomic E-state index is -0.836. The molecule has 0 spiro atoms. The Kier molecular flexibility index (Phi) is 47.8. The van der Waals surface area contributed by atoms with E-state index in [-0.39, 0.29) is 12.5 Å². The minimum absolute atomic E-state index is 0.0608. The van der Waals surface area contributed by atoms with Gasteiger partial charge in [-0.3, -0.25) is 4.79 Å². The molecule has 0 bridgehead atoms. The van der Waals surface area contributed by atoms with Gasteiger partial charge in [0.25, 0.3) is 0 Å². The van der Waals surface area contributed by atoms with Crippen LogP contribution in [0.15, 0.2) is 36.5 Å². The topological polar surface area (TPSA) is 69.6 Å². The molecule has 0 heterocycles. The lowest BCUT2D eigenvalue weighted by molar-refractivity contribution is -0.123. The average molecular weight is 800 g/mol. The van der Waals surface area contributed by atoms with E-state index in [4.69, 9.17) is 0 Å². The zero-order valence-corrected chi connectivity index (χ0v) is 38.6. The van der Waals surface area contributed by atoms with Crippen LogP contribution in [0.1, 0.15) is 277 Å². The molecule has 0 aliphatic carbocycles. The summed E-state index contributed by atoms with van der Waals surface area (Å²) in [5, 5.41) is 23.1. The number of amides is 1. The van der Waals surface area contributed by atoms with Crippen molar-refractivity contribution < 1.29 is 15.0 Å². The highest BCUT2D eigenvalue weighted by atomic mass is 16.3. The molecular formula is C53H101NO3. The van der Waals surface area contributed by atoms with Gasteiger partial charge in [0.05, 0.1) is 18.8 Å². The molecule has 2 unspecified atom stereocenters. The van der Waals surface area contributed by atoms with Crippen molar-refractivity contribution in [2.75, 3.05) is 6.61 Å². The molecule has 0 saturated heterocycles. The Bertz CT molecular complexity index is 866. The van der Waals surface area contributed by atoms with Crippen LogP contribution in [0.4, 0.5) is 0 Å². The molecule has 0 saturated carbocycles. The van der Waals surface area contributed by atoms with Crippen LogP contribution in [0.2, 0.25) is 0 Å². The van der Waals surface area contributed by atoms with Gasteiger partial charge < -0.3 is 15.5 Å². The maximum Gasteiger partial charge on any atom is 0.220 e. The van der Waals surface area contributed by atoms with E-state index in [1.807, 2.05) is 6.08 Å². The molecule has 4 nitrogen and oxygen atoms in total. The molecule has 0 radical (unpaired) electrons. The first-order valence-electron chi connectivity index (χ1n) is 25.7. The molecule has 336 valence electrons. The molecule has 1 amide bonds. The average Bonchev–Trinajstić information content (AvgIpc) is 3.22. The van der Waals surface area contributed by atoms with E-state index < -0.39 is 12.1 Å². The molecule has 0 fully saturated rings. The molecule has 0 aromatic heterocycles. The molecule has 4 heteroatoms. The first-order chi connectivity index (χ1) is 28.2. The van der Waals surface area contributed by atoms with Gasteiger partial charge in [0.1, 0.15) is 0 Å². The van der Waals surface area contributed by atoms with Gasteiger partial charge in [-0.05, 0) is 51.4 Å². The van der Waals surface area contributed by atoms with Gasteiger partial charge in [-0.2, -0.15) is 0 Å². The third-order valence-corrected chi connectivity index (χ3v) is 11.9. The first kappa shape index (κ1) is 55.6. The summed E-state index contributed by atoms with van der Waals surface area (Å²) in [7, 11) is 0. The van der Waals surface area contributed by atoms with E-state index in [1.165, 1.54) is 225 Å². The summed E-state index contributed by atoms with van der Waals surface area (Å²) in [6, 6.07) is -0.619. The van der Waals surface area contributed by atoms with Gasteiger partial charge in [-0.25, -0.2) is 0 Å². The Hall–Kier alpha value is -1.39. The molecular weight excluding hydrogens is 699 g/mol. The summed E-state index contributed by atoms with van der Waals surface area (Å²) >= 11 is 0. The number of aliphatic hydroxyl groups is 2. The number of nitrogens with one attached hydrogen (secondary N) is 1. The van der Waals surface area contributed by atoms with Crippen molar-refractivity contribution in [1.82, 2.24) is 5.32 Å². The predicted molar refractivity (Wildman–Crippen MR) is 253 cm³/mol. The van der Waals surface area contributed by atoms with Gasteiger partial charge in [-0.15, -0.1) is 0 Å². The van der Waals surface area contributed by atoms with Crippen molar-refractivity contribution in [1.29, 1.82) is 0 Å². The molecule has 3 N–H and O–H groups in total. The third-order valence-electron chi connectivity index (χ3n) is 11.9. The summed E-state index contributed by atoms with van der Waals surface area (Å²) in [4.78, 5) is 12.4. The summed E-state index contributed by atoms with van der Waals surface area (Å²) < 4.78 is 0. The van der Waals surface area contributed by atoms with Crippen LogP contribution < -0.4 is 5.32 Å². The van der Waals surface area contributed by atoms with Crippen molar-refractivity contribution in [2.24, 2.45) is 0 Å². The van der Waals surface area contributed by atoms with E-state index in [0.29, 0.717) is 6.42 Å². The van der Waals surface area contributed by atoms with Crippen LogP contribution in [0, 0.1) is 0 Å². The second kappa shape index (κ2) is 49.0. The number of aliphatic hydroxyl groups excluding tert-OH is 2. The minimum Gasteiger partial charge on any atom is -0.394 e. The number of allylic oxidation sites excluding steroid dienone is 5. The van der Waals surface area contributed by atoms with Crippen molar-refractivity contribution >= 4 is 5.91 Å². The van der Waals surface area contributed by atoms with Crippen molar-refractivity contribution in [3.05, 3.63) is 36.5 Å². The lowest BCUT2D eigenvalue weighted by Gasteiger charge is -2.20. The highest BCUT2D eigenvalue weighted by Gasteiger charge is 2.18. The van der Waals surface area contributed by atoms with E-state index in [1.54, 1.807) is 6.08 Å². The van der Waals surface area contributed by atoms with E-state index in [2.05, 4.69) is 43.5 Å². The summed E-state index contributed by atoms with van der Waals surface area (Å²) in [5.41, 5.74) is 0. The van der Waals surface area contributed by atoms with Crippen LogP contribution in [-0.2, 0) is 4.79 Å². The van der Waals surface area contributed by atoms with Crippen LogP contribution in [0.3, 0.4) is 0 Å². The quantitative estimate of drug-likeness (QED) is 0.0424. The lowest BCUT2D eigenvalue weighted by Crippen LogP contribution is -2.45. The van der Waals surface area contributed by atoms with Gasteiger partial charge in [0, 0.05) is 6.42 Å². The molecule has 0 aliphatic rings. The standard InChI is InChI=1S/C53H101NO3/c1-3-5-7-9-11-13-15-17-19-20-21-22-23-24-25-26-27-28-29-30-31-32-33-34-35-37-39-41-43-45-47-49-53(57)54-51(50-55)52(56)48-46-44-42-40-38-36-18-16-14-12-10-8-6-4-2/h15,17,20-21,46,48,51-52,55-56H,3-14,16,18-19,22-45,47,49-50H2,1-2H3,(H,54,57)/b17-15-,21-20-,48-46+. The zero-order valence-electron chi connectivity index (χ0n) is 38.6. The number of rotatable bonds is 47. The highest BCUT2D eigenvalue weighted by molar-refractivity contribution is 5.76. The van der Waals surface area contributed by atoms with Gasteiger partial charge >= 0.3 is 0 Å². The van der Waals surface area contributed by atoms with Crippen molar-refractivity contribution in [3.63, 3.8) is 0 Å². The van der Waals surface area contributed by atoms with Gasteiger partial charge in [0.2, 0.25) is 5.91 Å². The Balaban J connectivity index is 3.45. The Morgan fingerprint density at radius 2 is 0.719 bits per heavy atom. The number of hydrogen-bond acceptors (Lipinski definition) is 3.